The summed E-state index contributed by atoms with van der Waals surface area (Å²) in [5, 5.41) is 3.49. The maximum Gasteiger partial charge on any atom is 0.292 e. The number of nitrogens with one attached hydrogen (secondary N) is 1. The maximum absolute atomic E-state index is 12.4. The van der Waals surface area contributed by atoms with Crippen molar-refractivity contribution in [2.75, 3.05) is 0 Å². The Morgan fingerprint density at radius 3 is 2.48 bits per heavy atom. The fraction of sp³-hybridized carbons (Fsp3) is 0.158. The molecule has 0 radical (unpaired) electrons. The van der Waals surface area contributed by atoms with Crippen molar-refractivity contribution >= 4 is 22.6 Å². The van der Waals surface area contributed by atoms with E-state index in [1.165, 1.54) is 0 Å². The zero-order chi connectivity index (χ0) is 16.4. The lowest BCUT2D eigenvalue weighted by molar-refractivity contribution is -0.117. The highest BCUT2D eigenvalue weighted by atomic mass is 16.2. The predicted octanol–water partition coefficient (Wildman–Crippen LogP) is 2.99. The molecule has 4 nitrogen and oxygen atoms in total. The maximum atomic E-state index is 12.4. The normalized spacial score (nSPS) is 10.7. The van der Waals surface area contributed by atoms with Gasteiger partial charge in [0.2, 0.25) is 0 Å². The van der Waals surface area contributed by atoms with Gasteiger partial charge in [0.15, 0.2) is 0 Å². The van der Waals surface area contributed by atoms with Crippen LogP contribution in [0.1, 0.15) is 21.5 Å². The summed E-state index contributed by atoms with van der Waals surface area (Å²) in [6, 6.07) is 15.4. The fourth-order valence-corrected chi connectivity index (χ4v) is 2.61. The zero-order valence-electron chi connectivity index (χ0n) is 13.2. The molecule has 23 heavy (non-hydrogen) atoms. The summed E-state index contributed by atoms with van der Waals surface area (Å²) in [7, 11) is 1.86. The molecule has 0 unspecified atom stereocenters. The van der Waals surface area contributed by atoms with Crippen LogP contribution in [-0.4, -0.2) is 16.3 Å². The Morgan fingerprint density at radius 1 is 1.04 bits per heavy atom. The van der Waals surface area contributed by atoms with Gasteiger partial charge in [0.05, 0.1) is 5.56 Å². The number of hydrogen-bond donors (Lipinski definition) is 1. The summed E-state index contributed by atoms with van der Waals surface area (Å²) >= 11 is 0. The molecule has 4 heteroatoms. The first kappa shape index (κ1) is 15.0. The summed E-state index contributed by atoms with van der Waals surface area (Å²) in [5.41, 5.74) is 3.49. The summed E-state index contributed by atoms with van der Waals surface area (Å²) in [6.07, 6.45) is 1.71. The first-order valence-corrected chi connectivity index (χ1v) is 7.48. The molecule has 1 heterocycles. The lowest BCUT2D eigenvalue weighted by Crippen LogP contribution is -2.30. The number of amides is 1. The van der Waals surface area contributed by atoms with Gasteiger partial charge in [-0.15, -0.1) is 0 Å². The molecular formula is C19H18N2O2. The van der Waals surface area contributed by atoms with Gasteiger partial charge in [0, 0.05) is 30.7 Å². The number of hydrogen-bond acceptors (Lipinski definition) is 2. The smallest absolute Gasteiger partial charge is 0.292 e. The third-order valence-electron chi connectivity index (χ3n) is 3.92. The van der Waals surface area contributed by atoms with Crippen LogP contribution in [0, 0.1) is 6.92 Å². The standard InChI is InChI=1S/C19H18N2O2/c1-13-7-9-14(10-8-13)11-20-19(23)18(22)16-12-21(2)17-6-4-3-5-15(16)17/h3-10,12H,11H2,1-2H3,(H,20,23). The number of rotatable bonds is 4. The zero-order valence-corrected chi connectivity index (χ0v) is 13.2. The van der Waals surface area contributed by atoms with Crippen molar-refractivity contribution in [3.8, 4) is 0 Å². The third kappa shape index (κ3) is 3.01. The Bertz CT molecular complexity index is 876. The molecule has 1 amide bonds. The second kappa shape index (κ2) is 6.08. The number of Topliss-reactive ketones (excluding diaryl/α,β-unsaturated/α-hetero) is 1. The summed E-state index contributed by atoms with van der Waals surface area (Å²) in [6.45, 7) is 2.35. The molecule has 1 aromatic heterocycles. The Morgan fingerprint density at radius 2 is 1.74 bits per heavy atom. The molecular weight excluding hydrogens is 288 g/mol. The highest BCUT2D eigenvalue weighted by Crippen LogP contribution is 2.20. The first-order valence-electron chi connectivity index (χ1n) is 7.48. The minimum absolute atomic E-state index is 0.343. The van der Waals surface area contributed by atoms with Crippen molar-refractivity contribution in [3.63, 3.8) is 0 Å². The number of aromatic nitrogens is 1. The topological polar surface area (TPSA) is 51.1 Å². The molecule has 3 aromatic rings. The minimum atomic E-state index is -0.582. The van der Waals surface area contributed by atoms with E-state index in [0.29, 0.717) is 12.1 Å². The fourth-order valence-electron chi connectivity index (χ4n) is 2.61. The van der Waals surface area contributed by atoms with Crippen LogP contribution in [0.4, 0.5) is 0 Å². The highest BCUT2D eigenvalue weighted by Gasteiger charge is 2.20. The number of ketones is 1. The number of aryl methyl sites for hydroxylation is 2. The number of benzene rings is 2. The van der Waals surface area contributed by atoms with Gasteiger partial charge in [-0.05, 0) is 18.6 Å². The number of fused-ring (bicyclic) bond motifs is 1. The van der Waals surface area contributed by atoms with Crippen molar-refractivity contribution in [2.45, 2.75) is 13.5 Å². The molecule has 0 aliphatic rings. The number of carbonyl (C=O) groups is 2. The van der Waals surface area contributed by atoms with Crippen LogP contribution in [0.2, 0.25) is 0 Å². The Kier molecular flexibility index (Phi) is 3.98. The van der Waals surface area contributed by atoms with E-state index < -0.39 is 11.7 Å². The minimum Gasteiger partial charge on any atom is -0.350 e. The number of para-hydroxylation sites is 1. The third-order valence-corrected chi connectivity index (χ3v) is 3.92. The summed E-state index contributed by atoms with van der Waals surface area (Å²) < 4.78 is 1.86. The second-order valence-electron chi connectivity index (χ2n) is 5.67. The molecule has 116 valence electrons. The molecule has 0 saturated carbocycles. The predicted molar refractivity (Wildman–Crippen MR) is 90.3 cm³/mol. The Labute approximate surface area is 134 Å². The first-order chi connectivity index (χ1) is 11.1. The summed E-state index contributed by atoms with van der Waals surface area (Å²) in [5.74, 6) is -1.09. The van der Waals surface area contributed by atoms with Gasteiger partial charge < -0.3 is 9.88 Å². The average molecular weight is 306 g/mol. The van der Waals surface area contributed by atoms with Crippen LogP contribution >= 0.6 is 0 Å². The van der Waals surface area contributed by atoms with Gasteiger partial charge in [-0.2, -0.15) is 0 Å². The summed E-state index contributed by atoms with van der Waals surface area (Å²) in [4.78, 5) is 24.6. The van der Waals surface area contributed by atoms with Gasteiger partial charge in [-0.3, -0.25) is 9.59 Å². The Hall–Kier alpha value is -2.88. The van der Waals surface area contributed by atoms with Gasteiger partial charge >= 0.3 is 0 Å². The van der Waals surface area contributed by atoms with Crippen LogP contribution in [0.5, 0.6) is 0 Å². The molecule has 0 saturated heterocycles. The molecule has 0 bridgehead atoms. The lowest BCUT2D eigenvalue weighted by atomic mass is 10.1. The van der Waals surface area contributed by atoms with Crippen LogP contribution in [-0.2, 0) is 18.4 Å². The van der Waals surface area contributed by atoms with Crippen molar-refractivity contribution < 1.29 is 9.59 Å². The van der Waals surface area contributed by atoms with Gasteiger partial charge in [0.1, 0.15) is 0 Å². The molecule has 0 spiro atoms. The molecule has 0 atom stereocenters. The Balaban J connectivity index is 1.76. The molecule has 0 aliphatic carbocycles. The SMILES string of the molecule is Cc1ccc(CNC(=O)C(=O)c2cn(C)c3ccccc23)cc1. The van der Waals surface area contributed by atoms with Crippen LogP contribution < -0.4 is 5.32 Å². The van der Waals surface area contributed by atoms with E-state index in [1.54, 1.807) is 6.20 Å². The van der Waals surface area contributed by atoms with Gasteiger partial charge in [0.25, 0.3) is 11.7 Å². The molecule has 2 aromatic carbocycles. The lowest BCUT2D eigenvalue weighted by Gasteiger charge is -2.04. The highest BCUT2D eigenvalue weighted by molar-refractivity contribution is 6.44. The second-order valence-corrected chi connectivity index (χ2v) is 5.67. The van der Waals surface area contributed by atoms with Gasteiger partial charge in [-0.25, -0.2) is 0 Å². The number of nitrogens with zero attached hydrogens (tertiary/aromatic N) is 1. The van der Waals surface area contributed by atoms with Gasteiger partial charge in [-0.1, -0.05) is 48.0 Å². The largest absolute Gasteiger partial charge is 0.350 e. The monoisotopic (exact) mass is 306 g/mol. The van der Waals surface area contributed by atoms with E-state index in [0.717, 1.165) is 22.0 Å². The van der Waals surface area contributed by atoms with E-state index >= 15 is 0 Å². The van der Waals surface area contributed by atoms with E-state index in [2.05, 4.69) is 5.32 Å². The van der Waals surface area contributed by atoms with Crippen molar-refractivity contribution in [3.05, 3.63) is 71.4 Å². The molecule has 1 N–H and O–H groups in total. The van der Waals surface area contributed by atoms with Crippen LogP contribution in [0.25, 0.3) is 10.9 Å². The quantitative estimate of drug-likeness (QED) is 0.595. The average Bonchev–Trinajstić information content (AvgIpc) is 2.91. The molecule has 3 rings (SSSR count). The van der Waals surface area contributed by atoms with E-state index in [9.17, 15) is 9.59 Å². The number of carbonyl (C=O) groups excluding carboxylic acids is 2. The van der Waals surface area contributed by atoms with Crippen molar-refractivity contribution in [1.82, 2.24) is 9.88 Å². The van der Waals surface area contributed by atoms with E-state index in [-0.39, 0.29) is 0 Å². The molecule has 0 fully saturated rings. The van der Waals surface area contributed by atoms with Crippen molar-refractivity contribution in [2.24, 2.45) is 7.05 Å². The van der Waals surface area contributed by atoms with Crippen LogP contribution in [0.3, 0.4) is 0 Å². The van der Waals surface area contributed by atoms with E-state index in [4.69, 9.17) is 0 Å². The van der Waals surface area contributed by atoms with Crippen LogP contribution in [0.15, 0.2) is 54.7 Å². The molecule has 0 aliphatic heterocycles. The van der Waals surface area contributed by atoms with Crippen molar-refractivity contribution in [1.29, 1.82) is 0 Å². The van der Waals surface area contributed by atoms with E-state index in [1.807, 2.05) is 67.1 Å².